The minimum Gasteiger partial charge on any atom is -0.481 e. The molecule has 5 rings (SSSR count). The van der Waals surface area contributed by atoms with Crippen molar-refractivity contribution in [2.75, 3.05) is 5.32 Å². The van der Waals surface area contributed by atoms with Crippen molar-refractivity contribution in [3.63, 3.8) is 0 Å². The van der Waals surface area contributed by atoms with Crippen LogP contribution in [0.25, 0.3) is 32.7 Å². The van der Waals surface area contributed by atoms with Crippen LogP contribution in [0.2, 0.25) is 0 Å². The predicted octanol–water partition coefficient (Wildman–Crippen LogP) is 6.56. The molecular weight excluding hydrogens is 478 g/mol. The van der Waals surface area contributed by atoms with Gasteiger partial charge in [0.1, 0.15) is 11.8 Å². The van der Waals surface area contributed by atoms with E-state index in [4.69, 9.17) is 14.4 Å². The number of carbonyl (C=O) groups is 2. The largest absolute Gasteiger partial charge is 0.481 e. The van der Waals surface area contributed by atoms with Crippen molar-refractivity contribution in [2.24, 2.45) is 0 Å². The maximum absolute atomic E-state index is 12.6. The number of amides is 1. The van der Waals surface area contributed by atoms with Gasteiger partial charge < -0.3 is 14.4 Å². The minimum absolute atomic E-state index is 0.0286. The fourth-order valence-corrected chi connectivity index (χ4v) is 4.78. The minimum atomic E-state index is -0.871. The van der Waals surface area contributed by atoms with Crippen molar-refractivity contribution in [2.45, 2.75) is 19.4 Å². The SMILES string of the molecule is CC(OC(=O)Nc1cnoc1-c1ccc(-c2ccc(CC(=O)O)cc2)c2ncsc12)c1ccccc1. The number of anilines is 1. The molecule has 1 atom stereocenters. The molecule has 0 spiro atoms. The third-order valence-electron chi connectivity index (χ3n) is 5.71. The Balaban J connectivity index is 1.40. The van der Waals surface area contributed by atoms with Crippen LogP contribution in [0.3, 0.4) is 0 Å². The van der Waals surface area contributed by atoms with Gasteiger partial charge in [0.2, 0.25) is 0 Å². The molecule has 0 aliphatic carbocycles. The van der Waals surface area contributed by atoms with Gasteiger partial charge in [0.15, 0.2) is 5.76 Å². The van der Waals surface area contributed by atoms with Crippen molar-refractivity contribution in [1.29, 1.82) is 0 Å². The van der Waals surface area contributed by atoms with Gasteiger partial charge in [-0.15, -0.1) is 11.3 Å². The first-order valence-corrected chi connectivity index (χ1v) is 12.0. The lowest BCUT2D eigenvalue weighted by atomic mass is 9.99. The fourth-order valence-electron chi connectivity index (χ4n) is 3.95. The van der Waals surface area contributed by atoms with Gasteiger partial charge in [-0.25, -0.2) is 9.78 Å². The maximum atomic E-state index is 12.6. The second kappa shape index (κ2) is 10.0. The Morgan fingerprint density at radius 2 is 1.81 bits per heavy atom. The number of hydrogen-bond acceptors (Lipinski definition) is 7. The van der Waals surface area contributed by atoms with Crippen LogP contribution in [0, 0.1) is 0 Å². The van der Waals surface area contributed by atoms with Crippen molar-refractivity contribution >= 4 is 39.3 Å². The molecule has 0 aliphatic rings. The van der Waals surface area contributed by atoms with Crippen molar-refractivity contribution in [3.05, 3.63) is 89.6 Å². The summed E-state index contributed by atoms with van der Waals surface area (Å²) in [7, 11) is 0. The molecule has 0 radical (unpaired) electrons. The zero-order valence-corrected chi connectivity index (χ0v) is 20.0. The number of carbonyl (C=O) groups excluding carboxylic acids is 1. The quantitative estimate of drug-likeness (QED) is 0.261. The van der Waals surface area contributed by atoms with Crippen LogP contribution >= 0.6 is 11.3 Å². The first kappa shape index (κ1) is 23.3. The van der Waals surface area contributed by atoms with E-state index in [1.807, 2.05) is 54.6 Å². The van der Waals surface area contributed by atoms with Gasteiger partial charge in [0.25, 0.3) is 0 Å². The molecule has 0 saturated heterocycles. The van der Waals surface area contributed by atoms with E-state index in [1.54, 1.807) is 24.6 Å². The summed E-state index contributed by atoms with van der Waals surface area (Å²) in [5, 5.41) is 15.6. The highest BCUT2D eigenvalue weighted by molar-refractivity contribution is 7.17. The average Bonchev–Trinajstić information content (AvgIpc) is 3.54. The molecule has 0 bridgehead atoms. The van der Waals surface area contributed by atoms with E-state index >= 15 is 0 Å². The van der Waals surface area contributed by atoms with Crippen LogP contribution in [0.4, 0.5) is 10.5 Å². The second-order valence-corrected chi connectivity index (χ2v) is 8.96. The molecular formula is C27H21N3O5S. The second-order valence-electron chi connectivity index (χ2n) is 8.11. The van der Waals surface area contributed by atoms with Gasteiger partial charge in [-0.3, -0.25) is 10.1 Å². The van der Waals surface area contributed by atoms with E-state index in [-0.39, 0.29) is 6.42 Å². The molecule has 36 heavy (non-hydrogen) atoms. The Hall–Kier alpha value is -4.50. The first-order valence-electron chi connectivity index (χ1n) is 11.1. The van der Waals surface area contributed by atoms with Crippen molar-refractivity contribution in [1.82, 2.24) is 10.1 Å². The summed E-state index contributed by atoms with van der Waals surface area (Å²) in [5.74, 6) is -0.471. The molecule has 2 heterocycles. The lowest BCUT2D eigenvalue weighted by Crippen LogP contribution is -2.16. The van der Waals surface area contributed by atoms with E-state index in [1.165, 1.54) is 17.5 Å². The summed E-state index contributed by atoms with van der Waals surface area (Å²) in [6.45, 7) is 1.80. The van der Waals surface area contributed by atoms with Crippen LogP contribution < -0.4 is 5.32 Å². The average molecular weight is 500 g/mol. The monoisotopic (exact) mass is 499 g/mol. The van der Waals surface area contributed by atoms with Crippen molar-refractivity contribution < 1.29 is 24.0 Å². The Morgan fingerprint density at radius 3 is 2.56 bits per heavy atom. The number of benzene rings is 3. The molecule has 1 amide bonds. The first-order chi connectivity index (χ1) is 17.5. The molecule has 0 aliphatic heterocycles. The predicted molar refractivity (Wildman–Crippen MR) is 137 cm³/mol. The van der Waals surface area contributed by atoms with Crippen LogP contribution in [-0.4, -0.2) is 27.3 Å². The smallest absolute Gasteiger partial charge is 0.412 e. The molecule has 5 aromatic rings. The Morgan fingerprint density at radius 1 is 1.06 bits per heavy atom. The number of carboxylic acids is 1. The zero-order valence-electron chi connectivity index (χ0n) is 19.2. The van der Waals surface area contributed by atoms with Crippen LogP contribution in [0.5, 0.6) is 0 Å². The number of hydrogen-bond donors (Lipinski definition) is 2. The van der Waals surface area contributed by atoms with Gasteiger partial charge in [-0.1, -0.05) is 65.8 Å². The highest BCUT2D eigenvalue weighted by Crippen LogP contribution is 2.40. The van der Waals surface area contributed by atoms with E-state index < -0.39 is 18.2 Å². The third kappa shape index (κ3) is 4.82. The normalized spacial score (nSPS) is 11.8. The summed E-state index contributed by atoms with van der Waals surface area (Å²) in [5.41, 5.74) is 7.08. The van der Waals surface area contributed by atoms with E-state index in [2.05, 4.69) is 15.5 Å². The topological polar surface area (TPSA) is 115 Å². The molecule has 8 nitrogen and oxygen atoms in total. The number of aromatic nitrogens is 2. The Bertz CT molecular complexity index is 1530. The maximum Gasteiger partial charge on any atom is 0.412 e. The number of nitrogens with zero attached hydrogens (tertiary/aromatic N) is 2. The molecule has 9 heteroatoms. The molecule has 2 aromatic heterocycles. The highest BCUT2D eigenvalue weighted by atomic mass is 32.1. The van der Waals surface area contributed by atoms with Gasteiger partial charge in [0.05, 0.1) is 28.3 Å². The molecule has 0 fully saturated rings. The van der Waals surface area contributed by atoms with Crippen LogP contribution in [-0.2, 0) is 16.0 Å². The molecule has 0 saturated carbocycles. The summed E-state index contributed by atoms with van der Waals surface area (Å²) >= 11 is 1.45. The fraction of sp³-hybridized carbons (Fsp3) is 0.111. The lowest BCUT2D eigenvalue weighted by molar-refractivity contribution is -0.136. The molecule has 2 N–H and O–H groups in total. The van der Waals surface area contributed by atoms with Gasteiger partial charge in [-0.2, -0.15) is 0 Å². The van der Waals surface area contributed by atoms with E-state index in [9.17, 15) is 9.59 Å². The van der Waals surface area contributed by atoms with Crippen molar-refractivity contribution in [3.8, 4) is 22.5 Å². The molecule has 180 valence electrons. The molecule has 1 unspecified atom stereocenters. The number of carboxylic acid groups (broad SMARTS) is 1. The zero-order chi connectivity index (χ0) is 25.1. The lowest BCUT2D eigenvalue weighted by Gasteiger charge is -2.14. The van der Waals surface area contributed by atoms with Crippen LogP contribution in [0.15, 0.2) is 83.0 Å². The standard InChI is InChI=1S/C27H21N3O5S/c1-16(18-5-3-2-4-6-18)34-27(33)30-22-14-29-35-25(22)21-12-11-20(24-26(21)36-15-28-24)19-9-7-17(8-10-19)13-23(31)32/h2-12,14-16H,13H2,1H3,(H,30,33)(H,31,32). The number of rotatable bonds is 7. The van der Waals surface area contributed by atoms with Gasteiger partial charge in [0, 0.05) is 11.1 Å². The third-order valence-corrected chi connectivity index (χ3v) is 6.57. The number of aliphatic carboxylic acids is 1. The summed E-state index contributed by atoms with van der Waals surface area (Å²) in [6.07, 6.45) is 0.364. The molecule has 3 aromatic carbocycles. The summed E-state index contributed by atoms with van der Waals surface area (Å²) in [6, 6.07) is 20.7. The summed E-state index contributed by atoms with van der Waals surface area (Å²) in [4.78, 5) is 28.1. The number of fused-ring (bicyclic) bond motifs is 1. The number of thiazole rings is 1. The Kier molecular flexibility index (Phi) is 6.46. The number of nitrogens with one attached hydrogen (secondary N) is 1. The number of ether oxygens (including phenoxy) is 1. The van der Waals surface area contributed by atoms with Crippen LogP contribution in [0.1, 0.15) is 24.2 Å². The van der Waals surface area contributed by atoms with E-state index in [0.717, 1.165) is 38.0 Å². The Labute approximate surface area is 210 Å². The van der Waals surface area contributed by atoms with Gasteiger partial charge >= 0.3 is 12.1 Å². The highest BCUT2D eigenvalue weighted by Gasteiger charge is 2.20. The van der Waals surface area contributed by atoms with E-state index in [0.29, 0.717) is 11.4 Å². The summed E-state index contributed by atoms with van der Waals surface area (Å²) < 4.78 is 11.9. The van der Waals surface area contributed by atoms with Gasteiger partial charge in [-0.05, 0) is 29.7 Å².